The van der Waals surface area contributed by atoms with Crippen molar-refractivity contribution in [3.63, 3.8) is 0 Å². The highest BCUT2D eigenvalue weighted by molar-refractivity contribution is 6.06. The number of rotatable bonds is 8. The molecular formula is C27H34N6O2. The molecule has 2 heterocycles. The number of carbonyl (C=O) groups is 2. The molecule has 2 aromatic carbocycles. The number of likely N-dealkylation sites (N-methyl/N-ethyl adjacent to an activating group) is 1. The van der Waals surface area contributed by atoms with E-state index in [9.17, 15) is 9.59 Å². The summed E-state index contributed by atoms with van der Waals surface area (Å²) in [6.45, 7) is 8.95. The first-order valence-corrected chi connectivity index (χ1v) is 12.4. The van der Waals surface area contributed by atoms with Crippen LogP contribution in [0.5, 0.6) is 0 Å². The summed E-state index contributed by atoms with van der Waals surface area (Å²) < 4.78 is 1.78. The summed E-state index contributed by atoms with van der Waals surface area (Å²) in [6, 6.07) is 14.9. The maximum atomic E-state index is 13.8. The Labute approximate surface area is 206 Å². The van der Waals surface area contributed by atoms with Crippen molar-refractivity contribution in [3.8, 4) is 11.1 Å². The average molecular weight is 475 g/mol. The fourth-order valence-electron chi connectivity index (χ4n) is 4.96. The lowest BCUT2D eigenvalue weighted by atomic mass is 9.84. The van der Waals surface area contributed by atoms with Crippen molar-refractivity contribution >= 4 is 17.5 Å². The van der Waals surface area contributed by atoms with Crippen LogP contribution in [0.25, 0.3) is 11.1 Å². The van der Waals surface area contributed by atoms with E-state index in [0.717, 1.165) is 28.8 Å². The van der Waals surface area contributed by atoms with Crippen molar-refractivity contribution in [1.29, 1.82) is 0 Å². The highest BCUT2D eigenvalue weighted by Crippen LogP contribution is 2.40. The largest absolute Gasteiger partial charge is 0.340 e. The molecule has 0 bridgehead atoms. The zero-order chi connectivity index (χ0) is 25.1. The Morgan fingerprint density at radius 1 is 1.06 bits per heavy atom. The summed E-state index contributed by atoms with van der Waals surface area (Å²) in [6.07, 6.45) is 1.55. The second-order valence-corrected chi connectivity index (χ2v) is 9.73. The average Bonchev–Trinajstić information content (AvgIpc) is 3.30. The standard InChI is InChI=1S/C27H34N6O2/c1-6-15-33-25(29-30-31-33)18(4)22(16-17(2)3)26(34)28-24-21-13-8-7-11-19(21)20-12-9-10-14-23(20)32(5)27(24)35/h7-14,17-18,22,24H,6,15-16H2,1-5H3,(H,28,34)/t18-,22-,24+/m1/s1. The molecule has 0 saturated carbocycles. The monoisotopic (exact) mass is 474 g/mol. The number of amides is 2. The molecule has 0 fully saturated rings. The van der Waals surface area contributed by atoms with Crippen molar-refractivity contribution in [3.05, 3.63) is 59.9 Å². The number of para-hydroxylation sites is 1. The lowest BCUT2D eigenvalue weighted by Gasteiger charge is -2.28. The second-order valence-electron chi connectivity index (χ2n) is 9.73. The van der Waals surface area contributed by atoms with Crippen molar-refractivity contribution in [2.45, 2.75) is 59.0 Å². The van der Waals surface area contributed by atoms with E-state index < -0.39 is 6.04 Å². The van der Waals surface area contributed by atoms with Crippen LogP contribution in [-0.4, -0.2) is 39.1 Å². The number of carbonyl (C=O) groups excluding carboxylic acids is 2. The van der Waals surface area contributed by atoms with E-state index in [-0.39, 0.29) is 29.6 Å². The number of anilines is 1. The van der Waals surface area contributed by atoms with Gasteiger partial charge in [-0.25, -0.2) is 4.68 Å². The molecule has 4 rings (SSSR count). The molecule has 1 aliphatic heterocycles. The first-order chi connectivity index (χ1) is 16.8. The van der Waals surface area contributed by atoms with E-state index >= 15 is 0 Å². The van der Waals surface area contributed by atoms with Gasteiger partial charge in [-0.2, -0.15) is 0 Å². The van der Waals surface area contributed by atoms with E-state index in [0.29, 0.717) is 18.8 Å². The molecule has 0 saturated heterocycles. The first kappa shape index (κ1) is 24.6. The second kappa shape index (κ2) is 10.4. The van der Waals surface area contributed by atoms with Crippen molar-refractivity contribution in [2.75, 3.05) is 11.9 Å². The molecule has 0 spiro atoms. The summed E-state index contributed by atoms with van der Waals surface area (Å²) in [7, 11) is 1.76. The van der Waals surface area contributed by atoms with Gasteiger partial charge in [-0.1, -0.05) is 70.2 Å². The summed E-state index contributed by atoms with van der Waals surface area (Å²) in [5.74, 6) is 0.0716. The van der Waals surface area contributed by atoms with E-state index in [2.05, 4.69) is 41.6 Å². The van der Waals surface area contributed by atoms with Gasteiger partial charge in [0.1, 0.15) is 6.04 Å². The number of hydrogen-bond donors (Lipinski definition) is 1. The molecule has 184 valence electrons. The molecule has 35 heavy (non-hydrogen) atoms. The summed E-state index contributed by atoms with van der Waals surface area (Å²) in [5, 5.41) is 15.3. The van der Waals surface area contributed by atoms with Gasteiger partial charge in [0, 0.05) is 31.0 Å². The Morgan fingerprint density at radius 3 is 2.46 bits per heavy atom. The van der Waals surface area contributed by atoms with Gasteiger partial charge >= 0.3 is 0 Å². The zero-order valence-electron chi connectivity index (χ0n) is 21.1. The fourth-order valence-corrected chi connectivity index (χ4v) is 4.96. The normalized spacial score (nSPS) is 16.9. The van der Waals surface area contributed by atoms with Crippen molar-refractivity contribution in [2.24, 2.45) is 11.8 Å². The van der Waals surface area contributed by atoms with Crippen LogP contribution >= 0.6 is 0 Å². The molecule has 3 atom stereocenters. The highest BCUT2D eigenvalue weighted by Gasteiger charge is 2.37. The molecule has 0 aliphatic carbocycles. The number of nitrogens with one attached hydrogen (secondary N) is 1. The predicted octanol–water partition coefficient (Wildman–Crippen LogP) is 4.35. The van der Waals surface area contributed by atoms with E-state index in [1.54, 1.807) is 16.6 Å². The van der Waals surface area contributed by atoms with Crippen LogP contribution in [0.4, 0.5) is 5.69 Å². The van der Waals surface area contributed by atoms with Crippen molar-refractivity contribution in [1.82, 2.24) is 25.5 Å². The fraction of sp³-hybridized carbons (Fsp3) is 0.444. The van der Waals surface area contributed by atoms with Crippen LogP contribution < -0.4 is 10.2 Å². The third-order valence-corrected chi connectivity index (χ3v) is 6.76. The lowest BCUT2D eigenvalue weighted by Crippen LogP contribution is -2.44. The molecule has 0 radical (unpaired) electrons. The number of aromatic nitrogens is 4. The summed E-state index contributed by atoms with van der Waals surface area (Å²) in [4.78, 5) is 29.1. The summed E-state index contributed by atoms with van der Waals surface area (Å²) in [5.41, 5.74) is 3.55. The van der Waals surface area contributed by atoms with E-state index in [4.69, 9.17) is 0 Å². The maximum absolute atomic E-state index is 13.8. The first-order valence-electron chi connectivity index (χ1n) is 12.4. The smallest absolute Gasteiger partial charge is 0.253 e. The molecule has 1 N–H and O–H groups in total. The Kier molecular flexibility index (Phi) is 7.28. The van der Waals surface area contributed by atoms with Crippen LogP contribution in [0.2, 0.25) is 0 Å². The Morgan fingerprint density at radius 2 is 1.74 bits per heavy atom. The third-order valence-electron chi connectivity index (χ3n) is 6.76. The maximum Gasteiger partial charge on any atom is 0.253 e. The number of fused-ring (bicyclic) bond motifs is 3. The molecule has 1 aromatic heterocycles. The van der Waals surface area contributed by atoms with Gasteiger partial charge in [0.05, 0.1) is 5.69 Å². The molecule has 8 nitrogen and oxygen atoms in total. The van der Waals surface area contributed by atoms with Crippen LogP contribution in [0.1, 0.15) is 63.9 Å². The Balaban J connectivity index is 1.69. The number of nitrogens with zero attached hydrogens (tertiary/aromatic N) is 5. The molecule has 8 heteroatoms. The van der Waals surface area contributed by atoms with Gasteiger partial charge in [0.25, 0.3) is 5.91 Å². The van der Waals surface area contributed by atoms with Crippen LogP contribution in [0.15, 0.2) is 48.5 Å². The van der Waals surface area contributed by atoms with Crippen LogP contribution in [-0.2, 0) is 16.1 Å². The molecule has 2 amide bonds. The van der Waals surface area contributed by atoms with Gasteiger partial charge in [0.15, 0.2) is 5.82 Å². The van der Waals surface area contributed by atoms with Crippen LogP contribution in [0, 0.1) is 11.8 Å². The van der Waals surface area contributed by atoms with Gasteiger partial charge in [-0.3, -0.25) is 9.59 Å². The summed E-state index contributed by atoms with van der Waals surface area (Å²) >= 11 is 0. The quantitative estimate of drug-likeness (QED) is 0.524. The van der Waals surface area contributed by atoms with Crippen molar-refractivity contribution < 1.29 is 9.59 Å². The highest BCUT2D eigenvalue weighted by atomic mass is 16.2. The molecule has 1 aliphatic rings. The minimum atomic E-state index is -0.787. The van der Waals surface area contributed by atoms with Gasteiger partial charge in [-0.05, 0) is 46.4 Å². The van der Waals surface area contributed by atoms with Gasteiger partial charge < -0.3 is 10.2 Å². The number of aryl methyl sites for hydroxylation is 1. The van der Waals surface area contributed by atoms with Gasteiger partial charge in [-0.15, -0.1) is 5.10 Å². The zero-order valence-corrected chi connectivity index (χ0v) is 21.1. The predicted molar refractivity (Wildman–Crippen MR) is 136 cm³/mol. The topological polar surface area (TPSA) is 93.0 Å². The molecule has 3 aromatic rings. The number of benzene rings is 2. The third kappa shape index (κ3) is 4.83. The Bertz CT molecular complexity index is 1200. The lowest BCUT2D eigenvalue weighted by molar-refractivity contribution is -0.131. The number of hydrogen-bond acceptors (Lipinski definition) is 5. The SMILES string of the molecule is CCCn1nnnc1[C@H](C)[C@@H](CC(C)C)C(=O)N[C@@H]1C(=O)N(C)c2ccccc2-c2ccccc21. The minimum Gasteiger partial charge on any atom is -0.340 e. The Hall–Kier alpha value is -3.55. The molecular weight excluding hydrogens is 440 g/mol. The van der Waals surface area contributed by atoms with E-state index in [1.807, 2.05) is 55.5 Å². The molecule has 0 unspecified atom stereocenters. The van der Waals surface area contributed by atoms with Crippen LogP contribution in [0.3, 0.4) is 0 Å². The number of tetrazole rings is 1. The van der Waals surface area contributed by atoms with Gasteiger partial charge in [0.2, 0.25) is 5.91 Å². The minimum absolute atomic E-state index is 0.162. The van der Waals surface area contributed by atoms with E-state index in [1.165, 1.54) is 0 Å².